The van der Waals surface area contributed by atoms with Gasteiger partial charge in [0.25, 0.3) is 0 Å². The molecule has 3 rings (SSSR count). The Bertz CT molecular complexity index is 476. The van der Waals surface area contributed by atoms with E-state index in [-0.39, 0.29) is 0 Å². The summed E-state index contributed by atoms with van der Waals surface area (Å²) in [5.74, 6) is 1.48. The molecular formula is C16H21ClO2. The summed E-state index contributed by atoms with van der Waals surface area (Å²) < 4.78 is 5.96. The molecule has 0 radical (unpaired) electrons. The van der Waals surface area contributed by atoms with E-state index in [1.165, 1.54) is 19.3 Å². The molecule has 0 spiro atoms. The summed E-state index contributed by atoms with van der Waals surface area (Å²) >= 11 is 6.32. The molecule has 0 atom stereocenters. The summed E-state index contributed by atoms with van der Waals surface area (Å²) in [5, 5.41) is 10.8. The molecular weight excluding hydrogens is 260 g/mol. The molecule has 2 fully saturated rings. The Balaban J connectivity index is 1.78. The van der Waals surface area contributed by atoms with Crippen molar-refractivity contribution in [2.75, 3.05) is 6.61 Å². The van der Waals surface area contributed by atoms with Gasteiger partial charge in [-0.1, -0.05) is 24.1 Å². The monoisotopic (exact) mass is 280 g/mol. The van der Waals surface area contributed by atoms with E-state index < -0.39 is 5.60 Å². The van der Waals surface area contributed by atoms with Gasteiger partial charge in [0.15, 0.2) is 0 Å². The lowest BCUT2D eigenvalue weighted by atomic mass is 9.86. The van der Waals surface area contributed by atoms with Gasteiger partial charge in [-0.05, 0) is 55.7 Å². The van der Waals surface area contributed by atoms with Crippen molar-refractivity contribution >= 4 is 11.6 Å². The average Bonchev–Trinajstić information content (AvgIpc) is 2.97. The van der Waals surface area contributed by atoms with E-state index in [4.69, 9.17) is 16.3 Å². The third-order valence-corrected chi connectivity index (χ3v) is 4.58. The SMILES string of the molecule is Cc1cc(Cl)c(OCC2CCC2)c(CC2(O)CC2)c1. The van der Waals surface area contributed by atoms with E-state index in [0.29, 0.717) is 17.4 Å². The smallest absolute Gasteiger partial charge is 0.141 e. The predicted octanol–water partition coefficient (Wildman–Crippen LogP) is 3.89. The van der Waals surface area contributed by atoms with Crippen LogP contribution in [0.5, 0.6) is 5.75 Å². The second kappa shape index (κ2) is 4.99. The molecule has 0 unspecified atom stereocenters. The highest BCUT2D eigenvalue weighted by atomic mass is 35.5. The van der Waals surface area contributed by atoms with Crippen LogP contribution >= 0.6 is 11.6 Å². The number of aliphatic hydroxyl groups is 1. The molecule has 3 heteroatoms. The molecule has 0 amide bonds. The summed E-state index contributed by atoms with van der Waals surface area (Å²) in [6.07, 6.45) is 6.30. The van der Waals surface area contributed by atoms with E-state index >= 15 is 0 Å². The first-order valence-electron chi connectivity index (χ1n) is 7.20. The van der Waals surface area contributed by atoms with Crippen molar-refractivity contribution < 1.29 is 9.84 Å². The average molecular weight is 281 g/mol. The van der Waals surface area contributed by atoms with Crippen molar-refractivity contribution in [2.24, 2.45) is 5.92 Å². The van der Waals surface area contributed by atoms with Crippen LogP contribution in [0.3, 0.4) is 0 Å². The fraction of sp³-hybridized carbons (Fsp3) is 0.625. The third kappa shape index (κ3) is 3.06. The van der Waals surface area contributed by atoms with Gasteiger partial charge in [-0.3, -0.25) is 0 Å². The Labute approximate surface area is 119 Å². The van der Waals surface area contributed by atoms with E-state index in [9.17, 15) is 5.11 Å². The van der Waals surface area contributed by atoms with Crippen molar-refractivity contribution in [1.82, 2.24) is 0 Å². The zero-order valence-electron chi connectivity index (χ0n) is 11.4. The largest absolute Gasteiger partial charge is 0.491 e. The van der Waals surface area contributed by atoms with Crippen LogP contribution in [0, 0.1) is 12.8 Å². The molecule has 19 heavy (non-hydrogen) atoms. The van der Waals surface area contributed by atoms with Gasteiger partial charge in [-0.2, -0.15) is 0 Å². The molecule has 0 saturated heterocycles. The van der Waals surface area contributed by atoms with Crippen LogP contribution in [0.15, 0.2) is 12.1 Å². The van der Waals surface area contributed by atoms with Gasteiger partial charge in [-0.15, -0.1) is 0 Å². The van der Waals surface area contributed by atoms with Crippen molar-refractivity contribution in [1.29, 1.82) is 0 Å². The Hall–Kier alpha value is -0.730. The molecule has 104 valence electrons. The molecule has 1 aromatic rings. The molecule has 1 aromatic carbocycles. The highest BCUT2D eigenvalue weighted by molar-refractivity contribution is 6.32. The zero-order valence-corrected chi connectivity index (χ0v) is 12.2. The number of rotatable bonds is 5. The molecule has 0 bridgehead atoms. The van der Waals surface area contributed by atoms with Gasteiger partial charge < -0.3 is 9.84 Å². The lowest BCUT2D eigenvalue weighted by molar-refractivity contribution is 0.146. The van der Waals surface area contributed by atoms with Gasteiger partial charge in [0.2, 0.25) is 0 Å². The van der Waals surface area contributed by atoms with Gasteiger partial charge >= 0.3 is 0 Å². The maximum atomic E-state index is 10.1. The van der Waals surface area contributed by atoms with Crippen LogP contribution < -0.4 is 4.74 Å². The summed E-state index contributed by atoms with van der Waals surface area (Å²) in [5.41, 5.74) is 1.68. The molecule has 2 saturated carbocycles. The lowest BCUT2D eigenvalue weighted by Gasteiger charge is -2.26. The van der Waals surface area contributed by atoms with Crippen LogP contribution in [0.4, 0.5) is 0 Å². The van der Waals surface area contributed by atoms with E-state index in [1.807, 2.05) is 13.0 Å². The molecule has 0 aliphatic heterocycles. The van der Waals surface area contributed by atoms with Crippen molar-refractivity contribution in [2.45, 2.75) is 51.0 Å². The third-order valence-electron chi connectivity index (χ3n) is 4.30. The number of ether oxygens (including phenoxy) is 1. The van der Waals surface area contributed by atoms with E-state index in [2.05, 4.69) is 6.07 Å². The molecule has 0 heterocycles. The number of aryl methyl sites for hydroxylation is 1. The number of hydrogen-bond acceptors (Lipinski definition) is 2. The fourth-order valence-corrected chi connectivity index (χ4v) is 2.98. The Kier molecular flexibility index (Phi) is 3.48. The van der Waals surface area contributed by atoms with Crippen LogP contribution in [-0.4, -0.2) is 17.3 Å². The molecule has 2 nitrogen and oxygen atoms in total. The van der Waals surface area contributed by atoms with Gasteiger partial charge in [0, 0.05) is 6.42 Å². The first-order chi connectivity index (χ1) is 9.06. The minimum absolute atomic E-state index is 0.508. The van der Waals surface area contributed by atoms with E-state index in [1.54, 1.807) is 0 Å². The normalized spacial score (nSPS) is 21.0. The van der Waals surface area contributed by atoms with Crippen molar-refractivity contribution in [3.63, 3.8) is 0 Å². The molecule has 0 aromatic heterocycles. The minimum Gasteiger partial charge on any atom is -0.491 e. The minimum atomic E-state index is -0.508. The second-order valence-electron chi connectivity index (χ2n) is 6.24. The maximum absolute atomic E-state index is 10.1. The fourth-order valence-electron chi connectivity index (χ4n) is 2.63. The maximum Gasteiger partial charge on any atom is 0.141 e. The quantitative estimate of drug-likeness (QED) is 0.886. The Morgan fingerprint density at radius 2 is 2.11 bits per heavy atom. The highest BCUT2D eigenvalue weighted by Crippen LogP contribution is 2.42. The van der Waals surface area contributed by atoms with Gasteiger partial charge in [-0.25, -0.2) is 0 Å². The van der Waals surface area contributed by atoms with Crippen LogP contribution in [-0.2, 0) is 6.42 Å². The van der Waals surface area contributed by atoms with Crippen LogP contribution in [0.2, 0.25) is 5.02 Å². The molecule has 2 aliphatic carbocycles. The number of hydrogen-bond donors (Lipinski definition) is 1. The first kappa shape index (κ1) is 13.3. The van der Waals surface area contributed by atoms with E-state index in [0.717, 1.165) is 36.3 Å². The van der Waals surface area contributed by atoms with Crippen LogP contribution in [0.1, 0.15) is 43.2 Å². The van der Waals surface area contributed by atoms with Gasteiger partial charge in [0.05, 0.1) is 17.2 Å². The molecule has 2 aliphatic rings. The summed E-state index contributed by atoms with van der Waals surface area (Å²) in [7, 11) is 0. The summed E-state index contributed by atoms with van der Waals surface area (Å²) in [4.78, 5) is 0. The second-order valence-corrected chi connectivity index (χ2v) is 6.65. The Morgan fingerprint density at radius 1 is 1.37 bits per heavy atom. The number of halogens is 1. The summed E-state index contributed by atoms with van der Waals surface area (Å²) in [6.45, 7) is 2.79. The lowest BCUT2D eigenvalue weighted by Crippen LogP contribution is -2.20. The number of benzene rings is 1. The van der Waals surface area contributed by atoms with Crippen molar-refractivity contribution in [3.8, 4) is 5.75 Å². The van der Waals surface area contributed by atoms with Gasteiger partial charge in [0.1, 0.15) is 5.75 Å². The Morgan fingerprint density at radius 3 is 2.68 bits per heavy atom. The van der Waals surface area contributed by atoms with Crippen LogP contribution in [0.25, 0.3) is 0 Å². The predicted molar refractivity (Wildman–Crippen MR) is 76.9 cm³/mol. The summed E-state index contributed by atoms with van der Waals surface area (Å²) in [6, 6.07) is 4.04. The van der Waals surface area contributed by atoms with Crippen molar-refractivity contribution in [3.05, 3.63) is 28.3 Å². The molecule has 1 N–H and O–H groups in total. The zero-order chi connectivity index (χ0) is 13.5. The first-order valence-corrected chi connectivity index (χ1v) is 7.58. The highest BCUT2D eigenvalue weighted by Gasteiger charge is 2.41. The topological polar surface area (TPSA) is 29.5 Å². The standard InChI is InChI=1S/C16H21ClO2/c1-11-7-13(9-16(18)5-6-16)15(14(17)8-11)19-10-12-3-2-4-12/h7-8,12,18H,2-6,9-10H2,1H3.